The third-order valence-corrected chi connectivity index (χ3v) is 2.74. The molecule has 82 valence electrons. The Hall–Kier alpha value is -1.60. The molecular weight excluding hydrogens is 231 g/mol. The highest BCUT2D eigenvalue weighted by molar-refractivity contribution is 6.24. The van der Waals surface area contributed by atoms with E-state index in [0.717, 1.165) is 6.07 Å². The molecule has 1 aromatic carbocycles. The lowest BCUT2D eigenvalue weighted by Gasteiger charge is -2.16. The fourth-order valence-electron chi connectivity index (χ4n) is 1.69. The Kier molecular flexibility index (Phi) is 2.80. The van der Waals surface area contributed by atoms with Gasteiger partial charge < -0.3 is 4.90 Å². The average molecular weight is 239 g/mol. The van der Waals surface area contributed by atoms with Crippen molar-refractivity contribution in [1.82, 2.24) is 0 Å². The van der Waals surface area contributed by atoms with Gasteiger partial charge in [-0.15, -0.1) is 11.6 Å². The Labute approximate surface area is 97.0 Å². The number of alkyl halides is 1. The van der Waals surface area contributed by atoms with Crippen molar-refractivity contribution in [1.29, 1.82) is 5.26 Å². The molecule has 1 atom stereocenters. The molecule has 1 aliphatic heterocycles. The van der Waals surface area contributed by atoms with Crippen LogP contribution in [-0.2, 0) is 4.79 Å². The van der Waals surface area contributed by atoms with E-state index in [-0.39, 0.29) is 29.0 Å². The second-order valence-corrected chi connectivity index (χ2v) is 4.20. The summed E-state index contributed by atoms with van der Waals surface area (Å²) in [7, 11) is 0. The number of rotatable bonds is 1. The third kappa shape index (κ3) is 1.86. The van der Waals surface area contributed by atoms with Crippen LogP contribution in [0.5, 0.6) is 0 Å². The Morgan fingerprint density at radius 2 is 2.31 bits per heavy atom. The zero-order valence-corrected chi connectivity index (χ0v) is 9.04. The number of carbonyl (C=O) groups excluding carboxylic acids is 1. The molecule has 2 rings (SSSR count). The summed E-state index contributed by atoms with van der Waals surface area (Å²) < 4.78 is 13.6. The standard InChI is InChI=1S/C11H8ClFN2O/c12-8-4-11(16)15(6-8)10-2-1-7(5-14)3-9(10)13/h1-3,8H,4,6H2. The summed E-state index contributed by atoms with van der Waals surface area (Å²) in [6, 6.07) is 5.86. The number of hydrogen-bond acceptors (Lipinski definition) is 2. The normalized spacial score (nSPS) is 19.9. The topological polar surface area (TPSA) is 44.1 Å². The van der Waals surface area contributed by atoms with E-state index in [9.17, 15) is 9.18 Å². The van der Waals surface area contributed by atoms with Gasteiger partial charge in [-0.2, -0.15) is 5.26 Å². The highest BCUT2D eigenvalue weighted by Crippen LogP contribution is 2.27. The van der Waals surface area contributed by atoms with Gasteiger partial charge in [0.1, 0.15) is 5.82 Å². The maximum Gasteiger partial charge on any atom is 0.228 e. The van der Waals surface area contributed by atoms with Crippen molar-refractivity contribution < 1.29 is 9.18 Å². The van der Waals surface area contributed by atoms with E-state index in [2.05, 4.69) is 0 Å². The minimum absolute atomic E-state index is 0.187. The van der Waals surface area contributed by atoms with Crippen molar-refractivity contribution in [2.24, 2.45) is 0 Å². The fraction of sp³-hybridized carbons (Fsp3) is 0.273. The quantitative estimate of drug-likeness (QED) is 0.703. The van der Waals surface area contributed by atoms with Crippen molar-refractivity contribution in [2.75, 3.05) is 11.4 Å². The number of benzene rings is 1. The zero-order chi connectivity index (χ0) is 11.7. The highest BCUT2D eigenvalue weighted by Gasteiger charge is 2.30. The van der Waals surface area contributed by atoms with Gasteiger partial charge >= 0.3 is 0 Å². The van der Waals surface area contributed by atoms with Crippen LogP contribution in [0.1, 0.15) is 12.0 Å². The Morgan fingerprint density at radius 1 is 1.56 bits per heavy atom. The molecular formula is C11H8ClFN2O. The first-order valence-electron chi connectivity index (χ1n) is 4.76. The molecule has 1 aliphatic rings. The summed E-state index contributed by atoms with van der Waals surface area (Å²) in [5, 5.41) is 8.32. The molecule has 1 amide bonds. The van der Waals surface area contributed by atoms with Gasteiger partial charge in [-0.3, -0.25) is 4.79 Å². The van der Waals surface area contributed by atoms with E-state index in [1.807, 2.05) is 6.07 Å². The van der Waals surface area contributed by atoms with Gasteiger partial charge in [0.25, 0.3) is 0 Å². The monoisotopic (exact) mass is 238 g/mol. The molecule has 0 radical (unpaired) electrons. The number of carbonyl (C=O) groups is 1. The number of nitrogens with zero attached hydrogens (tertiary/aromatic N) is 2. The van der Waals surface area contributed by atoms with Crippen molar-refractivity contribution in [3.63, 3.8) is 0 Å². The first-order valence-corrected chi connectivity index (χ1v) is 5.19. The molecule has 0 spiro atoms. The van der Waals surface area contributed by atoms with Gasteiger partial charge in [0, 0.05) is 13.0 Å². The van der Waals surface area contributed by atoms with E-state index in [4.69, 9.17) is 16.9 Å². The molecule has 16 heavy (non-hydrogen) atoms. The Bertz CT molecular complexity index is 483. The lowest BCUT2D eigenvalue weighted by Crippen LogP contribution is -2.25. The van der Waals surface area contributed by atoms with E-state index >= 15 is 0 Å². The maximum atomic E-state index is 13.6. The van der Waals surface area contributed by atoms with Crippen LogP contribution in [-0.4, -0.2) is 17.8 Å². The molecule has 1 heterocycles. The largest absolute Gasteiger partial charge is 0.308 e. The Morgan fingerprint density at radius 3 is 2.81 bits per heavy atom. The van der Waals surface area contributed by atoms with Crippen LogP contribution in [0.4, 0.5) is 10.1 Å². The van der Waals surface area contributed by atoms with Crippen molar-refractivity contribution in [2.45, 2.75) is 11.8 Å². The molecule has 1 aromatic rings. The predicted octanol–water partition coefficient (Wildman–Crippen LogP) is 2.04. The second-order valence-electron chi connectivity index (χ2n) is 3.58. The van der Waals surface area contributed by atoms with Crippen LogP contribution in [0.25, 0.3) is 0 Å². The summed E-state index contributed by atoms with van der Waals surface area (Å²) in [4.78, 5) is 12.8. The number of nitriles is 1. The number of anilines is 1. The summed E-state index contributed by atoms with van der Waals surface area (Å²) in [5.41, 5.74) is 0.419. The molecule has 0 saturated carbocycles. The van der Waals surface area contributed by atoms with E-state index < -0.39 is 5.82 Å². The first kappa shape index (κ1) is 10.9. The number of halogens is 2. The van der Waals surface area contributed by atoms with Gasteiger partial charge in [0.2, 0.25) is 5.91 Å². The SMILES string of the molecule is N#Cc1ccc(N2CC(Cl)CC2=O)c(F)c1. The fourth-order valence-corrected chi connectivity index (χ4v) is 1.96. The van der Waals surface area contributed by atoms with Crippen LogP contribution >= 0.6 is 11.6 Å². The van der Waals surface area contributed by atoms with Crippen molar-refractivity contribution in [3.05, 3.63) is 29.6 Å². The summed E-state index contributed by atoms with van der Waals surface area (Å²) in [5.74, 6) is -0.762. The van der Waals surface area contributed by atoms with Gasteiger partial charge in [0.15, 0.2) is 0 Å². The van der Waals surface area contributed by atoms with Gasteiger partial charge in [-0.25, -0.2) is 4.39 Å². The molecule has 0 aliphatic carbocycles. The van der Waals surface area contributed by atoms with Crippen molar-refractivity contribution >= 4 is 23.2 Å². The predicted molar refractivity (Wildman–Crippen MR) is 57.7 cm³/mol. The van der Waals surface area contributed by atoms with Crippen LogP contribution in [0, 0.1) is 17.1 Å². The molecule has 0 N–H and O–H groups in total. The third-order valence-electron chi connectivity index (χ3n) is 2.45. The van der Waals surface area contributed by atoms with Gasteiger partial charge in [-0.05, 0) is 18.2 Å². The zero-order valence-electron chi connectivity index (χ0n) is 8.28. The minimum Gasteiger partial charge on any atom is -0.308 e. The highest BCUT2D eigenvalue weighted by atomic mass is 35.5. The molecule has 0 aromatic heterocycles. The summed E-state index contributed by atoms with van der Waals surface area (Å²) >= 11 is 5.83. The maximum absolute atomic E-state index is 13.6. The second kappa shape index (κ2) is 4.11. The number of amides is 1. The molecule has 0 bridgehead atoms. The lowest BCUT2D eigenvalue weighted by atomic mass is 10.2. The minimum atomic E-state index is -0.571. The van der Waals surface area contributed by atoms with Crippen LogP contribution in [0.3, 0.4) is 0 Å². The molecule has 1 fully saturated rings. The van der Waals surface area contributed by atoms with Crippen LogP contribution in [0.15, 0.2) is 18.2 Å². The molecule has 1 saturated heterocycles. The van der Waals surface area contributed by atoms with Gasteiger partial charge in [-0.1, -0.05) is 0 Å². The van der Waals surface area contributed by atoms with Crippen LogP contribution in [0.2, 0.25) is 0 Å². The lowest BCUT2D eigenvalue weighted by molar-refractivity contribution is -0.117. The van der Waals surface area contributed by atoms with Crippen molar-refractivity contribution in [3.8, 4) is 6.07 Å². The van der Waals surface area contributed by atoms with E-state index in [1.54, 1.807) is 0 Å². The molecule has 1 unspecified atom stereocenters. The smallest absolute Gasteiger partial charge is 0.228 e. The average Bonchev–Trinajstić information content (AvgIpc) is 2.57. The van der Waals surface area contributed by atoms with Gasteiger partial charge in [0.05, 0.1) is 22.7 Å². The summed E-state index contributed by atoms with van der Waals surface area (Å²) in [6.07, 6.45) is 0.223. The van der Waals surface area contributed by atoms with E-state index in [1.165, 1.54) is 17.0 Å². The number of hydrogen-bond donors (Lipinski definition) is 0. The Balaban J connectivity index is 2.35. The first-order chi connectivity index (χ1) is 7.61. The van der Waals surface area contributed by atoms with Crippen LogP contribution < -0.4 is 4.90 Å². The van der Waals surface area contributed by atoms with E-state index in [0.29, 0.717) is 6.54 Å². The molecule has 3 nitrogen and oxygen atoms in total. The molecule has 5 heteroatoms. The summed E-state index contributed by atoms with van der Waals surface area (Å²) in [6.45, 7) is 0.309.